The topological polar surface area (TPSA) is 150 Å². The van der Waals surface area contributed by atoms with Crippen LogP contribution in [0.1, 0.15) is 51.6 Å². The highest BCUT2D eigenvalue weighted by Crippen LogP contribution is 2.29. The van der Waals surface area contributed by atoms with Gasteiger partial charge in [0.1, 0.15) is 11.2 Å². The zero-order valence-corrected chi connectivity index (χ0v) is 23.3. The van der Waals surface area contributed by atoms with Crippen molar-refractivity contribution in [3.8, 4) is 0 Å². The van der Waals surface area contributed by atoms with Crippen LogP contribution < -0.4 is 21.1 Å². The lowest BCUT2D eigenvalue weighted by Gasteiger charge is -2.32. The number of aromatic amines is 1. The number of benzene rings is 2. The van der Waals surface area contributed by atoms with Crippen molar-refractivity contribution in [2.75, 3.05) is 29.9 Å². The van der Waals surface area contributed by atoms with Gasteiger partial charge in [0.25, 0.3) is 17.4 Å². The average molecular weight is 589 g/mol. The number of rotatable bonds is 8. The van der Waals surface area contributed by atoms with Crippen molar-refractivity contribution in [3.05, 3.63) is 92.9 Å². The highest BCUT2D eigenvalue weighted by Gasteiger charge is 2.34. The molecule has 11 nitrogen and oxygen atoms in total. The lowest BCUT2D eigenvalue weighted by Crippen LogP contribution is -2.43. The molecule has 4 N–H and O–H groups in total. The first kappa shape index (κ1) is 27.8. The first-order chi connectivity index (χ1) is 20.4. The summed E-state index contributed by atoms with van der Waals surface area (Å²) in [6.45, 7) is 1.28. The maximum Gasteiger partial charge on any atom is 0.262 e. The number of hydrogen-bond acceptors (Lipinski definition) is 8. The van der Waals surface area contributed by atoms with Gasteiger partial charge in [-0.1, -0.05) is 41.9 Å². The molecule has 2 aromatic heterocycles. The third-order valence-electron chi connectivity index (χ3n) is 7.55. The number of fused-ring (bicyclic) bond motifs is 3. The Labute approximate surface area is 245 Å². The number of halogens is 1. The Kier molecular flexibility index (Phi) is 7.88. The van der Waals surface area contributed by atoms with Crippen LogP contribution in [0.2, 0.25) is 5.02 Å². The molecule has 42 heavy (non-hydrogen) atoms. The van der Waals surface area contributed by atoms with Crippen LogP contribution in [-0.2, 0) is 4.74 Å². The average Bonchev–Trinajstić information content (AvgIpc) is 3.34. The summed E-state index contributed by atoms with van der Waals surface area (Å²) in [5.74, 6) is -0.603. The van der Waals surface area contributed by atoms with Crippen LogP contribution in [-0.4, -0.2) is 63.8 Å². The predicted molar refractivity (Wildman–Crippen MR) is 158 cm³/mol. The number of ether oxygens (including phenoxy) is 1. The molecule has 2 bridgehead atoms. The van der Waals surface area contributed by atoms with Gasteiger partial charge in [-0.05, 0) is 49.1 Å². The Balaban J connectivity index is 1.19. The third kappa shape index (κ3) is 5.85. The smallest absolute Gasteiger partial charge is 0.262 e. The number of morpholine rings is 1. The van der Waals surface area contributed by atoms with Gasteiger partial charge in [-0.3, -0.25) is 14.4 Å². The molecule has 2 saturated heterocycles. The minimum absolute atomic E-state index is 0.109. The van der Waals surface area contributed by atoms with Gasteiger partial charge in [-0.25, -0.2) is 4.98 Å². The molecular weight excluding hydrogens is 560 g/mol. The Hall–Kier alpha value is -4.32. The van der Waals surface area contributed by atoms with Crippen molar-refractivity contribution < 1.29 is 19.4 Å². The zero-order valence-electron chi connectivity index (χ0n) is 22.5. The van der Waals surface area contributed by atoms with Crippen LogP contribution in [0.5, 0.6) is 0 Å². The molecule has 2 aliphatic rings. The monoisotopic (exact) mass is 588 g/mol. The number of aromatic nitrogens is 3. The molecule has 2 fully saturated rings. The summed E-state index contributed by atoms with van der Waals surface area (Å²) >= 11 is 6.34. The molecule has 0 saturated carbocycles. The van der Waals surface area contributed by atoms with Crippen LogP contribution in [0.3, 0.4) is 0 Å². The first-order valence-corrected chi connectivity index (χ1v) is 14.1. The molecule has 6 rings (SSSR count). The van der Waals surface area contributed by atoms with Crippen LogP contribution in [0.4, 0.5) is 11.6 Å². The molecule has 0 radical (unpaired) electrons. The van der Waals surface area contributed by atoms with E-state index in [2.05, 4.69) is 30.5 Å². The van der Waals surface area contributed by atoms with Gasteiger partial charge in [-0.2, -0.15) is 4.98 Å². The standard InChI is InChI=1S/C30H29ClN6O5/c31-23-9-6-18(27(39)33-24(10-11-38)17-4-2-1-3-5-17)13-25(23)34-28(40)22-12-19-14-32-30(36-26(19)35-29(22)41)37-15-20-7-8-21(16-37)42-20/h1-6,9,12-14,20-21,24,38H,7-8,10-11,15-16H2,(H,33,39)(H,34,40)(H,32,35,36,41)/t20-,21?,24+/m0/s1. The minimum atomic E-state index is -0.700. The van der Waals surface area contributed by atoms with Crippen molar-refractivity contribution >= 4 is 46.1 Å². The van der Waals surface area contributed by atoms with E-state index in [4.69, 9.17) is 16.3 Å². The van der Waals surface area contributed by atoms with E-state index in [0.29, 0.717) is 36.5 Å². The maximum atomic E-state index is 13.2. The van der Waals surface area contributed by atoms with E-state index in [9.17, 15) is 19.5 Å². The molecule has 2 amide bonds. The van der Waals surface area contributed by atoms with Crippen LogP contribution in [0.15, 0.2) is 65.6 Å². The number of aliphatic hydroxyl groups excluding tert-OH is 1. The molecule has 2 aliphatic heterocycles. The number of nitrogens with zero attached hydrogens (tertiary/aromatic N) is 3. The lowest BCUT2D eigenvalue weighted by atomic mass is 10.0. The number of amides is 2. The number of hydrogen-bond donors (Lipinski definition) is 4. The summed E-state index contributed by atoms with van der Waals surface area (Å²) in [6.07, 6.45) is 4.26. The fraction of sp³-hybridized carbons (Fsp3) is 0.300. The number of pyridine rings is 1. The van der Waals surface area contributed by atoms with Crippen molar-refractivity contribution in [1.29, 1.82) is 0 Å². The van der Waals surface area contributed by atoms with Crippen LogP contribution in [0, 0.1) is 0 Å². The van der Waals surface area contributed by atoms with Gasteiger partial charge in [0.2, 0.25) is 5.95 Å². The number of nitrogens with one attached hydrogen (secondary N) is 3. The molecule has 0 aliphatic carbocycles. The van der Waals surface area contributed by atoms with Gasteiger partial charge in [0, 0.05) is 36.8 Å². The molecule has 0 spiro atoms. The lowest BCUT2D eigenvalue weighted by molar-refractivity contribution is 0.0299. The summed E-state index contributed by atoms with van der Waals surface area (Å²) in [7, 11) is 0. The zero-order chi connectivity index (χ0) is 29.2. The van der Waals surface area contributed by atoms with Gasteiger partial charge >= 0.3 is 0 Å². The summed E-state index contributed by atoms with van der Waals surface area (Å²) in [4.78, 5) is 52.9. The number of aliphatic hydroxyl groups is 1. The SMILES string of the molecule is O=C(N[C@H](CCO)c1ccccc1)c1ccc(Cl)c(NC(=O)c2cc3cnc(N4CC5CC[C@@H](C4)O5)nc3[nH]c2=O)c1. The second kappa shape index (κ2) is 11.9. The Morgan fingerprint density at radius 1 is 1.10 bits per heavy atom. The number of carbonyl (C=O) groups excluding carboxylic acids is 2. The van der Waals surface area contributed by atoms with Crippen molar-refractivity contribution in [3.63, 3.8) is 0 Å². The number of carbonyl (C=O) groups is 2. The van der Waals surface area contributed by atoms with E-state index in [-0.39, 0.29) is 40.7 Å². The van der Waals surface area contributed by atoms with Crippen LogP contribution in [0.25, 0.3) is 11.0 Å². The van der Waals surface area contributed by atoms with E-state index in [1.54, 1.807) is 6.20 Å². The number of H-pyrrole nitrogens is 1. The summed E-state index contributed by atoms with van der Waals surface area (Å²) in [5.41, 5.74) is 0.825. The number of anilines is 2. The Bertz CT molecular complexity index is 1690. The second-order valence-corrected chi connectivity index (χ2v) is 10.9. The third-order valence-corrected chi connectivity index (χ3v) is 7.88. The van der Waals surface area contributed by atoms with E-state index in [0.717, 1.165) is 18.4 Å². The molecule has 12 heteroatoms. The van der Waals surface area contributed by atoms with Crippen LogP contribution >= 0.6 is 11.6 Å². The first-order valence-electron chi connectivity index (χ1n) is 13.8. The molecule has 3 atom stereocenters. The minimum Gasteiger partial charge on any atom is -0.396 e. The Morgan fingerprint density at radius 2 is 1.86 bits per heavy atom. The van der Waals surface area contributed by atoms with Crippen molar-refractivity contribution in [2.45, 2.75) is 37.5 Å². The van der Waals surface area contributed by atoms with Gasteiger partial charge in [0.15, 0.2) is 0 Å². The van der Waals surface area contributed by atoms with E-state index >= 15 is 0 Å². The van der Waals surface area contributed by atoms with Gasteiger partial charge in [0.05, 0.1) is 29.0 Å². The predicted octanol–water partition coefficient (Wildman–Crippen LogP) is 3.44. The molecule has 216 valence electrons. The highest BCUT2D eigenvalue weighted by molar-refractivity contribution is 6.34. The van der Waals surface area contributed by atoms with Crippen molar-refractivity contribution in [1.82, 2.24) is 20.3 Å². The van der Waals surface area contributed by atoms with E-state index < -0.39 is 23.4 Å². The van der Waals surface area contributed by atoms with Gasteiger partial charge in [-0.15, -0.1) is 0 Å². The molecule has 1 unspecified atom stereocenters. The summed E-state index contributed by atoms with van der Waals surface area (Å²) < 4.78 is 5.88. The molecule has 4 aromatic rings. The summed E-state index contributed by atoms with van der Waals surface area (Å²) in [6, 6.07) is 14.8. The Morgan fingerprint density at radius 3 is 2.60 bits per heavy atom. The molecule has 4 heterocycles. The maximum absolute atomic E-state index is 13.2. The molecular formula is C30H29ClN6O5. The fourth-order valence-electron chi connectivity index (χ4n) is 5.41. The highest BCUT2D eigenvalue weighted by atomic mass is 35.5. The normalized spacial score (nSPS) is 18.6. The van der Waals surface area contributed by atoms with E-state index in [1.807, 2.05) is 30.3 Å². The second-order valence-electron chi connectivity index (χ2n) is 10.4. The summed E-state index contributed by atoms with van der Waals surface area (Å²) in [5, 5.41) is 15.7. The quantitative estimate of drug-likeness (QED) is 0.244. The van der Waals surface area contributed by atoms with E-state index in [1.165, 1.54) is 24.3 Å². The van der Waals surface area contributed by atoms with Crippen molar-refractivity contribution in [2.24, 2.45) is 0 Å². The fourth-order valence-corrected chi connectivity index (χ4v) is 5.58. The largest absolute Gasteiger partial charge is 0.396 e. The molecule has 2 aromatic carbocycles. The van der Waals surface area contributed by atoms with Gasteiger partial charge < -0.3 is 30.4 Å².